The number of aliphatic hydroxyl groups is 1. The molecule has 12 heavy (non-hydrogen) atoms. The van der Waals surface area contributed by atoms with E-state index in [9.17, 15) is 5.11 Å². The third-order valence-electron chi connectivity index (χ3n) is 2.51. The molecule has 0 radical (unpaired) electrons. The zero-order valence-corrected chi connectivity index (χ0v) is 8.19. The highest BCUT2D eigenvalue weighted by molar-refractivity contribution is 7.11. The van der Waals surface area contributed by atoms with E-state index in [1.807, 2.05) is 13.8 Å². The molecule has 1 aromatic heterocycles. The first-order chi connectivity index (χ1) is 5.68. The lowest BCUT2D eigenvalue weighted by atomic mass is 9.80. The van der Waals surface area contributed by atoms with Gasteiger partial charge in [-0.3, -0.25) is 0 Å². The highest BCUT2D eigenvalue weighted by Gasteiger charge is 2.32. The molecule has 1 aliphatic rings. The normalized spacial score (nSPS) is 28.6. The number of thiazole rings is 1. The minimum absolute atomic E-state index is 0.108. The average molecular weight is 183 g/mol. The number of rotatable bonds is 1. The van der Waals surface area contributed by atoms with Crippen LogP contribution in [-0.2, 0) is 0 Å². The minimum atomic E-state index is -0.108. The quantitative estimate of drug-likeness (QED) is 0.722. The molecule has 0 bridgehead atoms. The molecule has 1 heterocycles. The van der Waals surface area contributed by atoms with E-state index in [2.05, 4.69) is 4.98 Å². The number of aryl methyl sites for hydroxylation is 2. The number of aliphatic hydroxyl groups excluding tert-OH is 1. The molecule has 3 heteroatoms. The predicted octanol–water partition coefficient (Wildman–Crippen LogP) is 2.00. The van der Waals surface area contributed by atoms with Crippen molar-refractivity contribution >= 4 is 11.3 Å². The van der Waals surface area contributed by atoms with Crippen LogP contribution in [0.25, 0.3) is 0 Å². The van der Waals surface area contributed by atoms with E-state index in [1.165, 1.54) is 4.88 Å². The van der Waals surface area contributed by atoms with Crippen LogP contribution in [0.4, 0.5) is 0 Å². The molecule has 1 N–H and O–H groups in total. The van der Waals surface area contributed by atoms with Gasteiger partial charge < -0.3 is 5.11 Å². The van der Waals surface area contributed by atoms with Gasteiger partial charge in [0.1, 0.15) is 0 Å². The maximum Gasteiger partial charge on any atom is 0.0900 e. The maximum atomic E-state index is 9.47. The largest absolute Gasteiger partial charge is 0.392 e. The molecule has 1 fully saturated rings. The molecule has 0 aromatic carbocycles. The molecule has 0 spiro atoms. The van der Waals surface area contributed by atoms with Crippen LogP contribution in [-0.4, -0.2) is 16.2 Å². The molecule has 2 nitrogen and oxygen atoms in total. The summed E-state index contributed by atoms with van der Waals surface area (Å²) in [5.41, 5.74) is 1.11. The smallest absolute Gasteiger partial charge is 0.0900 e. The third kappa shape index (κ3) is 1.17. The second-order valence-corrected chi connectivity index (χ2v) is 4.67. The molecule has 1 saturated carbocycles. The summed E-state index contributed by atoms with van der Waals surface area (Å²) < 4.78 is 0. The predicted molar refractivity (Wildman–Crippen MR) is 49.6 cm³/mol. The van der Waals surface area contributed by atoms with Crippen molar-refractivity contribution in [2.75, 3.05) is 0 Å². The van der Waals surface area contributed by atoms with Crippen molar-refractivity contribution in [2.24, 2.45) is 0 Å². The molecule has 1 aromatic rings. The van der Waals surface area contributed by atoms with Gasteiger partial charge in [-0.05, 0) is 26.7 Å². The summed E-state index contributed by atoms with van der Waals surface area (Å²) >= 11 is 1.73. The first kappa shape index (κ1) is 8.20. The first-order valence-corrected chi connectivity index (χ1v) is 5.12. The highest BCUT2D eigenvalue weighted by Crippen LogP contribution is 2.40. The molecule has 2 unspecified atom stereocenters. The lowest BCUT2D eigenvalue weighted by Gasteiger charge is -2.31. The van der Waals surface area contributed by atoms with Crippen molar-refractivity contribution < 1.29 is 5.11 Å². The van der Waals surface area contributed by atoms with Crippen molar-refractivity contribution in [3.8, 4) is 0 Å². The van der Waals surface area contributed by atoms with Crippen LogP contribution in [0.15, 0.2) is 0 Å². The number of hydrogen-bond donors (Lipinski definition) is 1. The molecular weight excluding hydrogens is 170 g/mol. The van der Waals surface area contributed by atoms with Crippen molar-refractivity contribution in [3.05, 3.63) is 15.6 Å². The Labute approximate surface area is 76.3 Å². The first-order valence-electron chi connectivity index (χ1n) is 4.30. The SMILES string of the molecule is Cc1nc(C)c(C2CCC2O)s1. The van der Waals surface area contributed by atoms with Crippen LogP contribution >= 0.6 is 11.3 Å². The van der Waals surface area contributed by atoms with E-state index >= 15 is 0 Å². The molecule has 1 aliphatic carbocycles. The Hall–Kier alpha value is -0.410. The summed E-state index contributed by atoms with van der Waals surface area (Å²) in [6.07, 6.45) is 1.98. The Morgan fingerprint density at radius 1 is 1.42 bits per heavy atom. The van der Waals surface area contributed by atoms with Gasteiger partial charge in [-0.2, -0.15) is 0 Å². The maximum absolute atomic E-state index is 9.47. The van der Waals surface area contributed by atoms with Crippen LogP contribution in [0, 0.1) is 13.8 Å². The summed E-state index contributed by atoms with van der Waals surface area (Å²) in [5.74, 6) is 0.385. The molecular formula is C9H13NOS. The van der Waals surface area contributed by atoms with Gasteiger partial charge in [0.25, 0.3) is 0 Å². The molecule has 2 atom stereocenters. The Morgan fingerprint density at radius 2 is 2.17 bits per heavy atom. The fourth-order valence-corrected chi connectivity index (χ4v) is 2.80. The van der Waals surface area contributed by atoms with Gasteiger partial charge in [0.2, 0.25) is 0 Å². The van der Waals surface area contributed by atoms with Crippen LogP contribution in [0.2, 0.25) is 0 Å². The molecule has 0 aliphatic heterocycles. The number of nitrogens with zero attached hydrogens (tertiary/aromatic N) is 1. The van der Waals surface area contributed by atoms with Gasteiger partial charge in [0, 0.05) is 10.8 Å². The monoisotopic (exact) mass is 183 g/mol. The van der Waals surface area contributed by atoms with Crippen molar-refractivity contribution in [3.63, 3.8) is 0 Å². The Balaban J connectivity index is 2.27. The van der Waals surface area contributed by atoms with Gasteiger partial charge in [-0.1, -0.05) is 0 Å². The summed E-state index contributed by atoms with van der Waals surface area (Å²) in [7, 11) is 0. The summed E-state index contributed by atoms with van der Waals surface area (Å²) in [5, 5.41) is 10.6. The lowest BCUT2D eigenvalue weighted by molar-refractivity contribution is 0.0673. The van der Waals surface area contributed by atoms with E-state index in [0.29, 0.717) is 5.92 Å². The van der Waals surface area contributed by atoms with Gasteiger partial charge in [-0.25, -0.2) is 4.98 Å². The van der Waals surface area contributed by atoms with E-state index in [0.717, 1.165) is 23.5 Å². The Morgan fingerprint density at radius 3 is 2.50 bits per heavy atom. The fourth-order valence-electron chi connectivity index (χ4n) is 1.68. The Kier molecular flexibility index (Phi) is 1.93. The minimum Gasteiger partial charge on any atom is -0.392 e. The van der Waals surface area contributed by atoms with Crippen LogP contribution in [0.5, 0.6) is 0 Å². The highest BCUT2D eigenvalue weighted by atomic mass is 32.1. The van der Waals surface area contributed by atoms with E-state index in [4.69, 9.17) is 0 Å². The van der Waals surface area contributed by atoms with E-state index in [1.54, 1.807) is 11.3 Å². The molecule has 66 valence electrons. The average Bonchev–Trinajstić information content (AvgIpc) is 2.28. The van der Waals surface area contributed by atoms with Gasteiger partial charge in [-0.15, -0.1) is 11.3 Å². The van der Waals surface area contributed by atoms with Gasteiger partial charge in [0.05, 0.1) is 16.8 Å². The van der Waals surface area contributed by atoms with Crippen LogP contribution in [0.1, 0.15) is 34.3 Å². The number of aromatic nitrogens is 1. The summed E-state index contributed by atoms with van der Waals surface area (Å²) in [6, 6.07) is 0. The molecule has 0 saturated heterocycles. The van der Waals surface area contributed by atoms with Gasteiger partial charge >= 0.3 is 0 Å². The topological polar surface area (TPSA) is 33.1 Å². The van der Waals surface area contributed by atoms with E-state index < -0.39 is 0 Å². The lowest BCUT2D eigenvalue weighted by Crippen LogP contribution is -2.28. The van der Waals surface area contributed by atoms with Crippen molar-refractivity contribution in [2.45, 2.75) is 38.7 Å². The third-order valence-corrected chi connectivity index (χ3v) is 3.72. The van der Waals surface area contributed by atoms with Crippen LogP contribution in [0.3, 0.4) is 0 Å². The fraction of sp³-hybridized carbons (Fsp3) is 0.667. The molecule has 2 rings (SSSR count). The second kappa shape index (κ2) is 2.82. The zero-order valence-electron chi connectivity index (χ0n) is 7.37. The standard InChI is InChI=1S/C9H13NOS/c1-5-9(12-6(2)10-5)7-3-4-8(7)11/h7-8,11H,3-4H2,1-2H3. The van der Waals surface area contributed by atoms with Crippen molar-refractivity contribution in [1.82, 2.24) is 4.98 Å². The summed E-state index contributed by atoms with van der Waals surface area (Å²) in [6.45, 7) is 4.05. The Bertz CT molecular complexity index is 295. The second-order valence-electron chi connectivity index (χ2n) is 3.43. The van der Waals surface area contributed by atoms with E-state index in [-0.39, 0.29) is 6.10 Å². The van der Waals surface area contributed by atoms with Gasteiger partial charge in [0.15, 0.2) is 0 Å². The molecule has 0 amide bonds. The number of hydrogen-bond acceptors (Lipinski definition) is 3. The zero-order chi connectivity index (χ0) is 8.72. The van der Waals surface area contributed by atoms with Crippen LogP contribution < -0.4 is 0 Å². The van der Waals surface area contributed by atoms with Crippen molar-refractivity contribution in [1.29, 1.82) is 0 Å². The summed E-state index contributed by atoms with van der Waals surface area (Å²) in [4.78, 5) is 5.65.